The second-order valence-electron chi connectivity index (χ2n) is 1.77. The minimum absolute atomic E-state index is 0.137. The number of carbonyl (C=O) groups is 1. The second-order valence-corrected chi connectivity index (χ2v) is 2.18. The van der Waals surface area contributed by atoms with Crippen LogP contribution in [0.5, 0.6) is 5.75 Å². The Kier molecular flexibility index (Phi) is 2.04. The third kappa shape index (κ3) is 1.45. The highest BCUT2D eigenvalue weighted by Gasteiger charge is 2.14. The van der Waals surface area contributed by atoms with Crippen molar-refractivity contribution >= 4 is 18.8 Å². The van der Waals surface area contributed by atoms with Gasteiger partial charge in [0.1, 0.15) is 0 Å². The standard InChI is InChI=1S/C5H6N2O3S/c1-10-3-2-7(11)6-4(3)5(8)9/h2,11H,1H3,(H,8,9). The molecule has 0 fully saturated rings. The van der Waals surface area contributed by atoms with Crippen LogP contribution in [-0.4, -0.2) is 27.4 Å². The molecule has 0 saturated heterocycles. The fourth-order valence-electron chi connectivity index (χ4n) is 0.644. The van der Waals surface area contributed by atoms with Crippen molar-refractivity contribution in [3.05, 3.63) is 11.9 Å². The van der Waals surface area contributed by atoms with Crippen molar-refractivity contribution in [1.29, 1.82) is 0 Å². The molecule has 0 saturated carbocycles. The summed E-state index contributed by atoms with van der Waals surface area (Å²) in [6, 6.07) is 0. The van der Waals surface area contributed by atoms with Crippen LogP contribution in [0.2, 0.25) is 0 Å². The molecule has 0 aliphatic rings. The monoisotopic (exact) mass is 174 g/mol. The molecule has 1 heterocycles. The van der Waals surface area contributed by atoms with Crippen LogP contribution in [0, 0.1) is 0 Å². The molecule has 1 aromatic heterocycles. The fraction of sp³-hybridized carbons (Fsp3) is 0.200. The van der Waals surface area contributed by atoms with Crippen LogP contribution in [0.15, 0.2) is 6.20 Å². The first-order chi connectivity index (χ1) is 5.15. The molecule has 0 aliphatic carbocycles. The molecule has 0 amide bonds. The van der Waals surface area contributed by atoms with Crippen molar-refractivity contribution in [3.63, 3.8) is 0 Å². The van der Waals surface area contributed by atoms with Gasteiger partial charge >= 0.3 is 5.97 Å². The number of aromatic carboxylic acids is 1. The lowest BCUT2D eigenvalue weighted by atomic mass is 10.4. The van der Waals surface area contributed by atoms with Gasteiger partial charge in [0.2, 0.25) is 5.69 Å². The zero-order valence-electron chi connectivity index (χ0n) is 5.68. The molecule has 0 bridgehead atoms. The van der Waals surface area contributed by atoms with E-state index in [1.54, 1.807) is 0 Å². The quantitative estimate of drug-likeness (QED) is 0.632. The lowest BCUT2D eigenvalue weighted by Gasteiger charge is -1.92. The van der Waals surface area contributed by atoms with Crippen molar-refractivity contribution in [2.45, 2.75) is 0 Å². The lowest BCUT2D eigenvalue weighted by molar-refractivity contribution is 0.0687. The Morgan fingerprint density at radius 2 is 2.55 bits per heavy atom. The maximum Gasteiger partial charge on any atom is 0.360 e. The summed E-state index contributed by atoms with van der Waals surface area (Å²) in [6.07, 6.45) is 1.37. The number of aromatic nitrogens is 2. The Morgan fingerprint density at radius 1 is 1.91 bits per heavy atom. The molecule has 1 N–H and O–H groups in total. The fourth-order valence-corrected chi connectivity index (χ4v) is 0.838. The van der Waals surface area contributed by atoms with E-state index in [0.717, 1.165) is 4.09 Å². The normalized spacial score (nSPS) is 9.64. The van der Waals surface area contributed by atoms with Gasteiger partial charge in [-0.1, -0.05) is 0 Å². The van der Waals surface area contributed by atoms with E-state index in [9.17, 15) is 4.79 Å². The highest BCUT2D eigenvalue weighted by atomic mass is 32.1. The Labute approximate surface area is 68.1 Å². The molecule has 1 aromatic rings. The molecular weight excluding hydrogens is 168 g/mol. The maximum atomic E-state index is 10.4. The first-order valence-electron chi connectivity index (χ1n) is 2.71. The van der Waals surface area contributed by atoms with Gasteiger partial charge in [0.05, 0.1) is 13.3 Å². The summed E-state index contributed by atoms with van der Waals surface area (Å²) in [4.78, 5) is 10.4. The van der Waals surface area contributed by atoms with E-state index in [2.05, 4.69) is 17.9 Å². The summed E-state index contributed by atoms with van der Waals surface area (Å²) in [7, 11) is 1.37. The molecular formula is C5H6N2O3S. The van der Waals surface area contributed by atoms with Crippen molar-refractivity contribution in [2.75, 3.05) is 7.11 Å². The molecule has 0 atom stereocenters. The van der Waals surface area contributed by atoms with Gasteiger partial charge in [0.25, 0.3) is 0 Å². The van der Waals surface area contributed by atoms with Crippen LogP contribution in [0.3, 0.4) is 0 Å². The Balaban J connectivity index is 3.12. The summed E-state index contributed by atoms with van der Waals surface area (Å²) in [6.45, 7) is 0. The van der Waals surface area contributed by atoms with Gasteiger partial charge in [-0.2, -0.15) is 5.10 Å². The topological polar surface area (TPSA) is 64.4 Å². The summed E-state index contributed by atoms with van der Waals surface area (Å²) in [5.74, 6) is -0.929. The number of thiol groups is 1. The first-order valence-corrected chi connectivity index (χ1v) is 3.11. The number of hydrogen-bond donors (Lipinski definition) is 2. The number of nitrogens with zero attached hydrogens (tertiary/aromatic N) is 2. The van der Waals surface area contributed by atoms with Gasteiger partial charge in [-0.3, -0.25) is 0 Å². The lowest BCUT2D eigenvalue weighted by Crippen LogP contribution is -1.99. The molecule has 0 aliphatic heterocycles. The average Bonchev–Trinajstić information content (AvgIpc) is 2.30. The van der Waals surface area contributed by atoms with Gasteiger partial charge in [-0.25, -0.2) is 8.88 Å². The predicted octanol–water partition coefficient (Wildman–Crippen LogP) is 0.283. The second kappa shape index (κ2) is 2.83. The Hall–Kier alpha value is -1.17. The van der Waals surface area contributed by atoms with Gasteiger partial charge < -0.3 is 9.84 Å². The predicted molar refractivity (Wildman–Crippen MR) is 40.1 cm³/mol. The van der Waals surface area contributed by atoms with E-state index in [1.807, 2.05) is 0 Å². The van der Waals surface area contributed by atoms with Crippen LogP contribution in [0.4, 0.5) is 0 Å². The molecule has 11 heavy (non-hydrogen) atoms. The third-order valence-electron chi connectivity index (χ3n) is 1.09. The Morgan fingerprint density at radius 3 is 2.91 bits per heavy atom. The van der Waals surface area contributed by atoms with Crippen molar-refractivity contribution in [1.82, 2.24) is 9.19 Å². The molecule has 0 spiro atoms. The van der Waals surface area contributed by atoms with Gasteiger partial charge in [0, 0.05) is 0 Å². The largest absolute Gasteiger partial charge is 0.492 e. The van der Waals surface area contributed by atoms with Crippen LogP contribution in [0.1, 0.15) is 10.5 Å². The van der Waals surface area contributed by atoms with E-state index >= 15 is 0 Å². The van der Waals surface area contributed by atoms with Crippen molar-refractivity contribution < 1.29 is 14.6 Å². The highest BCUT2D eigenvalue weighted by Crippen LogP contribution is 2.15. The first kappa shape index (κ1) is 7.93. The number of carboxylic acid groups (broad SMARTS) is 1. The Bertz CT molecular complexity index is 283. The third-order valence-corrected chi connectivity index (χ3v) is 1.30. The summed E-state index contributed by atoms with van der Waals surface area (Å²) >= 11 is 3.79. The van der Waals surface area contributed by atoms with Gasteiger partial charge in [-0.15, -0.1) is 0 Å². The molecule has 0 unspecified atom stereocenters. The minimum atomic E-state index is -1.13. The highest BCUT2D eigenvalue weighted by molar-refractivity contribution is 7.78. The summed E-state index contributed by atoms with van der Waals surface area (Å²) < 4.78 is 5.80. The molecule has 1 rings (SSSR count). The number of hydrogen-bond acceptors (Lipinski definition) is 4. The van der Waals surface area contributed by atoms with Crippen LogP contribution >= 0.6 is 12.8 Å². The number of methoxy groups -OCH3 is 1. The minimum Gasteiger partial charge on any atom is -0.492 e. The van der Waals surface area contributed by atoms with E-state index in [-0.39, 0.29) is 11.4 Å². The van der Waals surface area contributed by atoms with Gasteiger partial charge in [-0.05, 0) is 12.8 Å². The van der Waals surface area contributed by atoms with Crippen molar-refractivity contribution in [2.24, 2.45) is 0 Å². The summed E-state index contributed by atoms with van der Waals surface area (Å²) in [5.41, 5.74) is -0.137. The van der Waals surface area contributed by atoms with E-state index < -0.39 is 5.97 Å². The number of carboxylic acids is 1. The van der Waals surface area contributed by atoms with Gasteiger partial charge in [0.15, 0.2) is 5.75 Å². The number of rotatable bonds is 2. The smallest absolute Gasteiger partial charge is 0.360 e. The average molecular weight is 174 g/mol. The van der Waals surface area contributed by atoms with Crippen LogP contribution in [0.25, 0.3) is 0 Å². The molecule has 0 aromatic carbocycles. The molecule has 5 nitrogen and oxygen atoms in total. The zero-order valence-corrected chi connectivity index (χ0v) is 6.58. The molecule has 60 valence electrons. The van der Waals surface area contributed by atoms with E-state index in [4.69, 9.17) is 9.84 Å². The molecule has 6 heteroatoms. The SMILES string of the molecule is COc1cn(S)nc1C(=O)O. The summed E-state index contributed by atoms with van der Waals surface area (Å²) in [5, 5.41) is 12.1. The van der Waals surface area contributed by atoms with E-state index in [0.29, 0.717) is 0 Å². The zero-order chi connectivity index (χ0) is 8.43. The van der Waals surface area contributed by atoms with E-state index in [1.165, 1.54) is 13.3 Å². The van der Waals surface area contributed by atoms with Crippen LogP contribution in [-0.2, 0) is 0 Å². The number of ether oxygens (including phenoxy) is 1. The maximum absolute atomic E-state index is 10.4. The van der Waals surface area contributed by atoms with Crippen LogP contribution < -0.4 is 4.74 Å². The molecule has 0 radical (unpaired) electrons. The van der Waals surface area contributed by atoms with Crippen molar-refractivity contribution in [3.8, 4) is 5.75 Å².